The molecular formula is C27H27ClN2O6. The molecule has 0 bridgehead atoms. The van der Waals surface area contributed by atoms with E-state index in [1.165, 1.54) is 11.6 Å². The van der Waals surface area contributed by atoms with E-state index in [0.29, 0.717) is 40.3 Å². The molecule has 3 N–H and O–H groups in total. The van der Waals surface area contributed by atoms with Gasteiger partial charge in [0.05, 0.1) is 11.1 Å². The molecule has 0 atom stereocenters. The Kier molecular flexibility index (Phi) is 9.41. The molecule has 3 aromatic rings. The molecule has 2 aliphatic rings. The third-order valence-corrected chi connectivity index (χ3v) is 5.90. The third-order valence-electron chi connectivity index (χ3n) is 5.62. The Morgan fingerprint density at radius 1 is 0.944 bits per heavy atom. The first-order chi connectivity index (χ1) is 17.3. The van der Waals surface area contributed by atoms with E-state index in [1.54, 1.807) is 48.5 Å². The van der Waals surface area contributed by atoms with Crippen molar-refractivity contribution in [3.05, 3.63) is 77.1 Å². The minimum atomic E-state index is -0.122. The van der Waals surface area contributed by atoms with Crippen LogP contribution in [0.3, 0.4) is 0 Å². The average molecular weight is 511 g/mol. The zero-order chi connectivity index (χ0) is 26.1. The third kappa shape index (κ3) is 6.82. The second kappa shape index (κ2) is 12.7. The molecule has 36 heavy (non-hydrogen) atoms. The van der Waals surface area contributed by atoms with Crippen LogP contribution in [0.5, 0.6) is 11.5 Å². The Labute approximate surface area is 213 Å². The van der Waals surface area contributed by atoms with Gasteiger partial charge in [0.15, 0.2) is 16.7 Å². The van der Waals surface area contributed by atoms with Crippen molar-refractivity contribution in [1.29, 1.82) is 0 Å². The van der Waals surface area contributed by atoms with Gasteiger partial charge in [0.1, 0.15) is 23.0 Å². The van der Waals surface area contributed by atoms with E-state index >= 15 is 0 Å². The van der Waals surface area contributed by atoms with Crippen molar-refractivity contribution >= 4 is 28.3 Å². The minimum Gasteiger partial charge on any atom is -0.507 e. The van der Waals surface area contributed by atoms with E-state index in [1.807, 2.05) is 6.92 Å². The number of phenols is 2. The number of aromatic nitrogens is 1. The molecule has 8 nitrogen and oxygen atoms in total. The van der Waals surface area contributed by atoms with E-state index in [2.05, 4.69) is 10.3 Å². The van der Waals surface area contributed by atoms with Gasteiger partial charge in [0.25, 0.3) is 0 Å². The standard InChI is InChI=1S/C13H11NO3.C7H6ClNO2.C7H10O/c15-9-5-2-1-4-8(9)13-12-10(16)6-3-7-11(12)17-14-13;8-7(9-11)5-3-1-2-4-6(5)10;1-6-3-2-4-7(8)5-6/h1-2,4-5,15H,3,6-7H2;1-4,10-11H;5H,2-4H2,1H3/b;9-7-;. The molecule has 2 aromatic carbocycles. The fourth-order valence-corrected chi connectivity index (χ4v) is 4.00. The number of rotatable bonds is 2. The Balaban J connectivity index is 0.000000164. The summed E-state index contributed by atoms with van der Waals surface area (Å²) in [4.78, 5) is 22.5. The van der Waals surface area contributed by atoms with Crippen molar-refractivity contribution < 1.29 is 29.5 Å². The largest absolute Gasteiger partial charge is 0.507 e. The number of Topliss-reactive ketones (excluding diaryl/α,β-unsaturated/α-hetero) is 1. The van der Waals surface area contributed by atoms with Crippen molar-refractivity contribution in [3.8, 4) is 22.8 Å². The number of nitrogens with zero attached hydrogens (tertiary/aromatic N) is 2. The number of para-hydroxylation sites is 2. The first-order valence-corrected chi connectivity index (χ1v) is 11.9. The number of hydrogen-bond donors (Lipinski definition) is 3. The summed E-state index contributed by atoms with van der Waals surface area (Å²) in [6.45, 7) is 2.01. The minimum absolute atomic E-state index is 0.00435. The second-order valence-corrected chi connectivity index (χ2v) is 8.70. The zero-order valence-electron chi connectivity index (χ0n) is 19.8. The van der Waals surface area contributed by atoms with Gasteiger partial charge in [-0.1, -0.05) is 51.8 Å². The lowest BCUT2D eigenvalue weighted by molar-refractivity contribution is -0.115. The van der Waals surface area contributed by atoms with Crippen LogP contribution in [0.25, 0.3) is 11.3 Å². The summed E-state index contributed by atoms with van der Waals surface area (Å²) in [5, 5.41) is 33.7. The maximum absolute atomic E-state index is 11.9. The topological polar surface area (TPSA) is 133 Å². The summed E-state index contributed by atoms with van der Waals surface area (Å²) in [7, 11) is 0. The number of aryl methyl sites for hydroxylation is 1. The highest BCUT2D eigenvalue weighted by molar-refractivity contribution is 6.69. The lowest BCUT2D eigenvalue weighted by atomic mass is 9.93. The average Bonchev–Trinajstić information content (AvgIpc) is 3.30. The molecule has 0 spiro atoms. The molecule has 0 saturated carbocycles. The molecule has 9 heteroatoms. The number of carbonyl (C=O) groups excluding carboxylic acids is 2. The predicted molar refractivity (Wildman–Crippen MR) is 136 cm³/mol. The molecule has 0 unspecified atom stereocenters. The highest BCUT2D eigenvalue weighted by Crippen LogP contribution is 2.35. The van der Waals surface area contributed by atoms with Crippen LogP contribution in [-0.2, 0) is 11.2 Å². The van der Waals surface area contributed by atoms with E-state index < -0.39 is 0 Å². The van der Waals surface area contributed by atoms with Crippen molar-refractivity contribution in [1.82, 2.24) is 5.16 Å². The van der Waals surface area contributed by atoms with Gasteiger partial charge in [-0.3, -0.25) is 9.59 Å². The van der Waals surface area contributed by atoms with Crippen LogP contribution in [0.4, 0.5) is 0 Å². The summed E-state index contributed by atoms with van der Waals surface area (Å²) in [5.74, 6) is 1.09. The number of ketones is 2. The van der Waals surface area contributed by atoms with E-state index in [0.717, 1.165) is 32.1 Å². The number of benzene rings is 2. The quantitative estimate of drug-likeness (QED) is 0.218. The number of halogens is 1. The molecule has 0 aliphatic heterocycles. The number of allylic oxidation sites excluding steroid dienone is 2. The second-order valence-electron chi connectivity index (χ2n) is 8.34. The highest BCUT2D eigenvalue weighted by Gasteiger charge is 2.27. The monoisotopic (exact) mass is 510 g/mol. The summed E-state index contributed by atoms with van der Waals surface area (Å²) >= 11 is 5.44. The molecular weight excluding hydrogens is 484 g/mol. The number of oxime groups is 1. The zero-order valence-corrected chi connectivity index (χ0v) is 20.5. The molecule has 1 aromatic heterocycles. The highest BCUT2D eigenvalue weighted by atomic mass is 35.5. The molecule has 0 amide bonds. The van der Waals surface area contributed by atoms with Gasteiger partial charge >= 0.3 is 0 Å². The van der Waals surface area contributed by atoms with Crippen LogP contribution in [-0.4, -0.2) is 37.3 Å². The predicted octanol–water partition coefficient (Wildman–Crippen LogP) is 6.02. The van der Waals surface area contributed by atoms with E-state index in [-0.39, 0.29) is 22.5 Å². The first kappa shape index (κ1) is 26.7. The molecule has 0 radical (unpaired) electrons. The number of fused-ring (bicyclic) bond motifs is 1. The van der Waals surface area contributed by atoms with Crippen LogP contribution in [0.2, 0.25) is 0 Å². The Morgan fingerprint density at radius 2 is 1.61 bits per heavy atom. The lowest BCUT2D eigenvalue weighted by Gasteiger charge is -2.08. The van der Waals surface area contributed by atoms with Crippen LogP contribution in [0, 0.1) is 0 Å². The number of phenolic OH excluding ortho intramolecular Hbond substituents is 2. The maximum atomic E-state index is 11.9. The van der Waals surface area contributed by atoms with Gasteiger partial charge in [0, 0.05) is 24.8 Å². The van der Waals surface area contributed by atoms with Gasteiger partial charge in [-0.15, -0.1) is 0 Å². The van der Waals surface area contributed by atoms with Crippen molar-refractivity contribution in [2.75, 3.05) is 0 Å². The Hall–Kier alpha value is -3.91. The van der Waals surface area contributed by atoms with Crippen molar-refractivity contribution in [3.63, 3.8) is 0 Å². The summed E-state index contributed by atoms with van der Waals surface area (Å²) in [5.41, 5.74) is 3.10. The number of aromatic hydroxyl groups is 2. The molecule has 5 rings (SSSR count). The van der Waals surface area contributed by atoms with Crippen LogP contribution in [0.15, 0.2) is 69.9 Å². The van der Waals surface area contributed by atoms with Crippen LogP contribution in [0.1, 0.15) is 60.7 Å². The Bertz CT molecular complexity index is 1290. The molecule has 2 aliphatic carbocycles. The summed E-state index contributed by atoms with van der Waals surface area (Å²) in [6.07, 6.45) is 6.76. The van der Waals surface area contributed by atoms with Gasteiger partial charge in [-0.2, -0.15) is 0 Å². The van der Waals surface area contributed by atoms with Crippen LogP contribution < -0.4 is 0 Å². The summed E-state index contributed by atoms with van der Waals surface area (Å²) in [6, 6.07) is 13.2. The number of carbonyl (C=O) groups is 2. The van der Waals surface area contributed by atoms with Gasteiger partial charge in [0.2, 0.25) is 0 Å². The first-order valence-electron chi connectivity index (χ1n) is 11.5. The SMILES string of the molecule is CC1=CC(=O)CCC1.O/N=C(\Cl)c1ccccc1O.O=C1CCCc2onc(-c3ccccc3O)c21. The Morgan fingerprint density at radius 3 is 2.22 bits per heavy atom. The lowest BCUT2D eigenvalue weighted by Crippen LogP contribution is -2.09. The smallest absolute Gasteiger partial charge is 0.179 e. The number of hydrogen-bond acceptors (Lipinski definition) is 8. The fourth-order valence-electron chi connectivity index (χ4n) is 3.84. The van der Waals surface area contributed by atoms with Gasteiger partial charge < -0.3 is 19.9 Å². The fraction of sp³-hybridized carbons (Fsp3) is 0.259. The van der Waals surface area contributed by atoms with Crippen molar-refractivity contribution in [2.24, 2.45) is 5.16 Å². The van der Waals surface area contributed by atoms with Crippen molar-refractivity contribution in [2.45, 2.75) is 45.4 Å². The van der Waals surface area contributed by atoms with Gasteiger partial charge in [-0.25, -0.2) is 0 Å². The normalized spacial score (nSPS) is 15.1. The molecule has 0 fully saturated rings. The van der Waals surface area contributed by atoms with Gasteiger partial charge in [-0.05, 0) is 56.5 Å². The maximum Gasteiger partial charge on any atom is 0.179 e. The molecule has 1 heterocycles. The van der Waals surface area contributed by atoms with E-state index in [4.69, 9.17) is 26.4 Å². The summed E-state index contributed by atoms with van der Waals surface area (Å²) < 4.78 is 5.18. The van der Waals surface area contributed by atoms with Crippen LogP contribution >= 0.6 is 11.6 Å². The van der Waals surface area contributed by atoms with E-state index in [9.17, 15) is 14.7 Å². The molecule has 0 saturated heterocycles. The molecule has 188 valence electrons.